The van der Waals surface area contributed by atoms with E-state index < -0.39 is 0 Å². The molecule has 0 aliphatic carbocycles. The highest BCUT2D eigenvalue weighted by Gasteiger charge is 2.32. The molecule has 4 heteroatoms. The second kappa shape index (κ2) is 4.96. The van der Waals surface area contributed by atoms with Crippen LogP contribution in [0.2, 0.25) is 0 Å². The van der Waals surface area contributed by atoms with Crippen LogP contribution in [0.25, 0.3) is 0 Å². The monoisotopic (exact) mass is 220 g/mol. The highest BCUT2D eigenvalue weighted by Crippen LogP contribution is 2.24. The highest BCUT2D eigenvalue weighted by molar-refractivity contribution is 5.80. The lowest BCUT2D eigenvalue weighted by atomic mass is 10.2. The van der Waals surface area contributed by atoms with Crippen molar-refractivity contribution in [2.45, 2.75) is 25.8 Å². The lowest BCUT2D eigenvalue weighted by Crippen LogP contribution is -2.37. The fourth-order valence-corrected chi connectivity index (χ4v) is 2.05. The average Bonchev–Trinajstić information content (AvgIpc) is 2.79. The van der Waals surface area contributed by atoms with E-state index in [1.54, 1.807) is 6.20 Å². The molecule has 4 nitrogen and oxygen atoms in total. The number of pyridine rings is 1. The van der Waals surface area contributed by atoms with Gasteiger partial charge >= 0.3 is 5.97 Å². The molecule has 1 saturated heterocycles. The zero-order valence-corrected chi connectivity index (χ0v) is 9.43. The lowest BCUT2D eigenvalue weighted by molar-refractivity contribution is -0.144. The SMILES string of the molecule is CCOC(=O)C1CCCN1c1ccccn1. The lowest BCUT2D eigenvalue weighted by Gasteiger charge is -2.23. The van der Waals surface area contributed by atoms with Crippen LogP contribution in [0.3, 0.4) is 0 Å². The van der Waals surface area contributed by atoms with Gasteiger partial charge in [-0.3, -0.25) is 0 Å². The molecule has 0 aromatic carbocycles. The van der Waals surface area contributed by atoms with E-state index in [1.807, 2.05) is 30.0 Å². The number of ether oxygens (including phenoxy) is 1. The normalized spacial score (nSPS) is 19.8. The molecular weight excluding hydrogens is 204 g/mol. The summed E-state index contributed by atoms with van der Waals surface area (Å²) in [4.78, 5) is 18.0. The number of hydrogen-bond acceptors (Lipinski definition) is 4. The van der Waals surface area contributed by atoms with Crippen molar-refractivity contribution < 1.29 is 9.53 Å². The molecule has 1 aromatic heterocycles. The Balaban J connectivity index is 2.12. The molecule has 2 rings (SSSR count). The molecule has 1 aliphatic heterocycles. The number of hydrogen-bond donors (Lipinski definition) is 0. The molecule has 0 N–H and O–H groups in total. The first-order valence-electron chi connectivity index (χ1n) is 5.67. The molecule has 86 valence electrons. The predicted molar refractivity (Wildman–Crippen MR) is 61.2 cm³/mol. The summed E-state index contributed by atoms with van der Waals surface area (Å²) in [6.45, 7) is 3.14. The summed E-state index contributed by atoms with van der Waals surface area (Å²) in [5.41, 5.74) is 0. The van der Waals surface area contributed by atoms with Gasteiger partial charge < -0.3 is 9.64 Å². The van der Waals surface area contributed by atoms with E-state index in [9.17, 15) is 4.79 Å². The van der Waals surface area contributed by atoms with Crippen molar-refractivity contribution in [1.29, 1.82) is 0 Å². The third-order valence-electron chi connectivity index (χ3n) is 2.76. The zero-order chi connectivity index (χ0) is 11.4. The van der Waals surface area contributed by atoms with Gasteiger partial charge in [-0.05, 0) is 31.9 Å². The van der Waals surface area contributed by atoms with Crippen molar-refractivity contribution in [3.05, 3.63) is 24.4 Å². The minimum atomic E-state index is -0.158. The predicted octanol–water partition coefficient (Wildman–Crippen LogP) is 1.61. The minimum absolute atomic E-state index is 0.134. The van der Waals surface area contributed by atoms with E-state index in [0.29, 0.717) is 6.61 Å². The fourth-order valence-electron chi connectivity index (χ4n) is 2.05. The zero-order valence-electron chi connectivity index (χ0n) is 9.43. The summed E-state index contributed by atoms with van der Waals surface area (Å²) < 4.78 is 5.07. The third kappa shape index (κ3) is 2.15. The van der Waals surface area contributed by atoms with Crippen molar-refractivity contribution >= 4 is 11.8 Å². The Morgan fingerprint density at radius 2 is 2.50 bits per heavy atom. The first kappa shape index (κ1) is 10.9. The topological polar surface area (TPSA) is 42.4 Å². The second-order valence-corrected chi connectivity index (χ2v) is 3.79. The van der Waals surface area contributed by atoms with Gasteiger partial charge in [-0.1, -0.05) is 6.07 Å². The van der Waals surface area contributed by atoms with Crippen LogP contribution in [0, 0.1) is 0 Å². The number of carbonyl (C=O) groups is 1. The summed E-state index contributed by atoms with van der Waals surface area (Å²) in [5.74, 6) is 0.726. The van der Waals surface area contributed by atoms with Crippen molar-refractivity contribution in [2.24, 2.45) is 0 Å². The van der Waals surface area contributed by atoms with Gasteiger partial charge in [-0.25, -0.2) is 9.78 Å². The Morgan fingerprint density at radius 3 is 3.19 bits per heavy atom. The molecular formula is C12H16N2O2. The van der Waals surface area contributed by atoms with Gasteiger partial charge in [-0.15, -0.1) is 0 Å². The molecule has 16 heavy (non-hydrogen) atoms. The van der Waals surface area contributed by atoms with Crippen LogP contribution >= 0.6 is 0 Å². The van der Waals surface area contributed by atoms with Gasteiger partial charge in [0.25, 0.3) is 0 Å². The maximum atomic E-state index is 11.7. The van der Waals surface area contributed by atoms with Crippen LogP contribution in [-0.4, -0.2) is 30.1 Å². The Labute approximate surface area is 95.2 Å². The van der Waals surface area contributed by atoms with E-state index in [2.05, 4.69) is 4.98 Å². The van der Waals surface area contributed by atoms with Crippen molar-refractivity contribution in [3.63, 3.8) is 0 Å². The van der Waals surface area contributed by atoms with E-state index in [-0.39, 0.29) is 12.0 Å². The molecule has 0 saturated carbocycles. The van der Waals surface area contributed by atoms with Crippen LogP contribution in [0.4, 0.5) is 5.82 Å². The summed E-state index contributed by atoms with van der Waals surface area (Å²) in [7, 11) is 0. The van der Waals surface area contributed by atoms with E-state index >= 15 is 0 Å². The van der Waals surface area contributed by atoms with Crippen LogP contribution in [-0.2, 0) is 9.53 Å². The standard InChI is InChI=1S/C12H16N2O2/c1-2-16-12(15)10-6-5-9-14(10)11-7-3-4-8-13-11/h3-4,7-8,10H,2,5-6,9H2,1H3. The average molecular weight is 220 g/mol. The van der Waals surface area contributed by atoms with Crippen LogP contribution in [0.15, 0.2) is 24.4 Å². The van der Waals surface area contributed by atoms with E-state index in [0.717, 1.165) is 25.2 Å². The van der Waals surface area contributed by atoms with Gasteiger partial charge in [0.15, 0.2) is 0 Å². The minimum Gasteiger partial charge on any atom is -0.464 e. The Kier molecular flexibility index (Phi) is 3.39. The Morgan fingerprint density at radius 1 is 1.62 bits per heavy atom. The van der Waals surface area contributed by atoms with Gasteiger partial charge in [0.2, 0.25) is 0 Å². The molecule has 0 radical (unpaired) electrons. The maximum Gasteiger partial charge on any atom is 0.328 e. The fraction of sp³-hybridized carbons (Fsp3) is 0.500. The Bertz CT molecular complexity index is 353. The number of carbonyl (C=O) groups excluding carboxylic acids is 1. The number of esters is 1. The highest BCUT2D eigenvalue weighted by atomic mass is 16.5. The summed E-state index contributed by atoms with van der Waals surface area (Å²) in [5, 5.41) is 0. The smallest absolute Gasteiger partial charge is 0.328 e. The molecule has 1 fully saturated rings. The first-order valence-corrected chi connectivity index (χ1v) is 5.67. The molecule has 1 unspecified atom stereocenters. The summed E-state index contributed by atoms with van der Waals surface area (Å²) >= 11 is 0. The Hall–Kier alpha value is -1.58. The molecule has 1 atom stereocenters. The molecule has 1 aliphatic rings. The van der Waals surface area contributed by atoms with E-state index in [4.69, 9.17) is 4.74 Å². The van der Waals surface area contributed by atoms with Gasteiger partial charge in [0.1, 0.15) is 11.9 Å². The number of nitrogens with zero attached hydrogens (tertiary/aromatic N) is 2. The van der Waals surface area contributed by atoms with Crippen LogP contribution < -0.4 is 4.90 Å². The number of rotatable bonds is 3. The quantitative estimate of drug-likeness (QED) is 0.726. The van der Waals surface area contributed by atoms with Crippen LogP contribution in [0.5, 0.6) is 0 Å². The molecule has 0 spiro atoms. The largest absolute Gasteiger partial charge is 0.464 e. The molecule has 0 bridgehead atoms. The van der Waals surface area contributed by atoms with Gasteiger partial charge in [0, 0.05) is 12.7 Å². The van der Waals surface area contributed by atoms with Gasteiger partial charge in [0.05, 0.1) is 6.61 Å². The van der Waals surface area contributed by atoms with E-state index in [1.165, 1.54) is 0 Å². The maximum absolute atomic E-state index is 11.7. The molecule has 2 heterocycles. The number of anilines is 1. The van der Waals surface area contributed by atoms with Crippen molar-refractivity contribution in [2.75, 3.05) is 18.1 Å². The summed E-state index contributed by atoms with van der Waals surface area (Å²) in [6, 6.07) is 5.58. The van der Waals surface area contributed by atoms with Crippen molar-refractivity contribution in [1.82, 2.24) is 4.98 Å². The molecule has 0 amide bonds. The summed E-state index contributed by atoms with van der Waals surface area (Å²) in [6.07, 6.45) is 3.62. The second-order valence-electron chi connectivity index (χ2n) is 3.79. The number of aromatic nitrogens is 1. The first-order chi connectivity index (χ1) is 7.83. The van der Waals surface area contributed by atoms with Crippen molar-refractivity contribution in [3.8, 4) is 0 Å². The van der Waals surface area contributed by atoms with Gasteiger partial charge in [-0.2, -0.15) is 0 Å². The third-order valence-corrected chi connectivity index (χ3v) is 2.76. The van der Waals surface area contributed by atoms with Crippen LogP contribution in [0.1, 0.15) is 19.8 Å². The molecule has 1 aromatic rings.